The van der Waals surface area contributed by atoms with Crippen molar-refractivity contribution in [1.29, 1.82) is 0 Å². The first kappa shape index (κ1) is 19.1. The molecular formula is C20H22N2O4S. The number of aliphatic carboxylic acids is 1. The normalized spacial score (nSPS) is 20.5. The molecule has 3 atom stereocenters. The average Bonchev–Trinajstić information content (AvgIpc) is 3.27. The summed E-state index contributed by atoms with van der Waals surface area (Å²) in [5.74, 6) is -2.52. The van der Waals surface area contributed by atoms with Crippen LogP contribution in [0.4, 0.5) is 0 Å². The number of hydrogen-bond acceptors (Lipinski definition) is 4. The zero-order valence-electron chi connectivity index (χ0n) is 15.0. The van der Waals surface area contributed by atoms with Crippen LogP contribution in [0, 0.1) is 11.8 Å². The highest BCUT2D eigenvalue weighted by Crippen LogP contribution is 2.39. The van der Waals surface area contributed by atoms with E-state index in [2.05, 4.69) is 5.32 Å². The van der Waals surface area contributed by atoms with E-state index in [9.17, 15) is 19.5 Å². The number of benzene rings is 1. The Morgan fingerprint density at radius 2 is 2.00 bits per heavy atom. The Morgan fingerprint density at radius 1 is 1.26 bits per heavy atom. The van der Waals surface area contributed by atoms with Crippen molar-refractivity contribution in [2.24, 2.45) is 11.8 Å². The molecule has 1 fully saturated rings. The van der Waals surface area contributed by atoms with Gasteiger partial charge in [0.15, 0.2) is 0 Å². The Balaban J connectivity index is 1.66. The van der Waals surface area contributed by atoms with Gasteiger partial charge in [-0.1, -0.05) is 36.4 Å². The van der Waals surface area contributed by atoms with E-state index >= 15 is 0 Å². The molecule has 6 nitrogen and oxygen atoms in total. The molecule has 27 heavy (non-hydrogen) atoms. The molecule has 1 aromatic carbocycles. The van der Waals surface area contributed by atoms with Gasteiger partial charge in [0.25, 0.3) is 0 Å². The largest absolute Gasteiger partial charge is 0.481 e. The summed E-state index contributed by atoms with van der Waals surface area (Å²) in [5, 5.41) is 14.2. The van der Waals surface area contributed by atoms with E-state index in [4.69, 9.17) is 0 Å². The van der Waals surface area contributed by atoms with Crippen molar-refractivity contribution in [2.45, 2.75) is 18.9 Å². The quantitative estimate of drug-likeness (QED) is 0.765. The number of carbonyl (C=O) groups is 3. The van der Waals surface area contributed by atoms with E-state index in [0.29, 0.717) is 6.42 Å². The molecule has 0 spiro atoms. The molecule has 2 N–H and O–H groups in total. The van der Waals surface area contributed by atoms with E-state index in [-0.39, 0.29) is 30.8 Å². The van der Waals surface area contributed by atoms with Crippen molar-refractivity contribution in [3.63, 3.8) is 0 Å². The highest BCUT2D eigenvalue weighted by atomic mass is 32.1. The lowest BCUT2D eigenvalue weighted by atomic mass is 9.96. The maximum atomic E-state index is 12.7. The number of carboxylic acid groups (broad SMARTS) is 1. The van der Waals surface area contributed by atoms with Crippen molar-refractivity contribution < 1.29 is 19.5 Å². The van der Waals surface area contributed by atoms with Gasteiger partial charge in [-0.3, -0.25) is 14.4 Å². The molecule has 1 saturated heterocycles. The Labute approximate surface area is 161 Å². The number of carbonyl (C=O) groups excluding carboxylic acids is 2. The first-order chi connectivity index (χ1) is 13.0. The van der Waals surface area contributed by atoms with E-state index in [1.54, 1.807) is 11.9 Å². The minimum Gasteiger partial charge on any atom is -0.481 e. The summed E-state index contributed by atoms with van der Waals surface area (Å²) in [7, 11) is 1.70. The van der Waals surface area contributed by atoms with Gasteiger partial charge in [0.05, 0.1) is 17.9 Å². The lowest BCUT2D eigenvalue weighted by molar-refractivity contribution is -0.141. The lowest BCUT2D eigenvalue weighted by Crippen LogP contribution is -2.39. The minimum atomic E-state index is -0.950. The van der Waals surface area contributed by atoms with Crippen LogP contribution in [-0.2, 0) is 20.8 Å². The van der Waals surface area contributed by atoms with E-state index in [1.165, 1.54) is 11.3 Å². The number of hydrogen-bond donors (Lipinski definition) is 2. The molecule has 0 radical (unpaired) electrons. The molecule has 3 rings (SSSR count). The second kappa shape index (κ2) is 8.35. The molecule has 0 unspecified atom stereocenters. The average molecular weight is 386 g/mol. The second-order valence-corrected chi connectivity index (χ2v) is 7.72. The Bertz CT molecular complexity index is 807. The number of thiophene rings is 1. The van der Waals surface area contributed by atoms with Crippen LogP contribution in [0.1, 0.15) is 22.9 Å². The van der Waals surface area contributed by atoms with Crippen molar-refractivity contribution in [3.8, 4) is 0 Å². The molecule has 0 aliphatic carbocycles. The maximum Gasteiger partial charge on any atom is 0.308 e. The molecule has 7 heteroatoms. The van der Waals surface area contributed by atoms with Gasteiger partial charge >= 0.3 is 5.97 Å². The third kappa shape index (κ3) is 4.36. The highest BCUT2D eigenvalue weighted by molar-refractivity contribution is 7.10. The van der Waals surface area contributed by atoms with Crippen LogP contribution in [0.5, 0.6) is 0 Å². The Morgan fingerprint density at radius 3 is 2.63 bits per heavy atom. The third-order valence-corrected chi connectivity index (χ3v) is 5.90. The predicted molar refractivity (Wildman–Crippen MR) is 102 cm³/mol. The third-order valence-electron chi connectivity index (χ3n) is 4.95. The zero-order chi connectivity index (χ0) is 19.4. The van der Waals surface area contributed by atoms with Crippen LogP contribution in [0.3, 0.4) is 0 Å². The van der Waals surface area contributed by atoms with Crippen LogP contribution in [0.25, 0.3) is 0 Å². The first-order valence-corrected chi connectivity index (χ1v) is 9.69. The van der Waals surface area contributed by atoms with Gasteiger partial charge in [0.2, 0.25) is 11.8 Å². The first-order valence-electron chi connectivity index (χ1n) is 8.81. The summed E-state index contributed by atoms with van der Waals surface area (Å²) >= 11 is 1.51. The van der Waals surface area contributed by atoms with E-state index in [1.807, 2.05) is 47.8 Å². The van der Waals surface area contributed by atoms with Crippen molar-refractivity contribution in [1.82, 2.24) is 10.2 Å². The second-order valence-electron chi connectivity index (χ2n) is 6.75. The van der Waals surface area contributed by atoms with Crippen LogP contribution in [0.15, 0.2) is 47.8 Å². The fourth-order valence-electron chi connectivity index (χ4n) is 3.45. The summed E-state index contributed by atoms with van der Waals surface area (Å²) in [6, 6.07) is 12.8. The fraction of sp³-hybridized carbons (Fsp3) is 0.350. The number of nitrogens with zero attached hydrogens (tertiary/aromatic N) is 1. The molecule has 1 aromatic heterocycles. The predicted octanol–water partition coefficient (Wildman–Crippen LogP) is 2.33. The maximum absolute atomic E-state index is 12.7. The van der Waals surface area contributed by atoms with Gasteiger partial charge < -0.3 is 15.3 Å². The molecule has 1 aliphatic rings. The summed E-state index contributed by atoms with van der Waals surface area (Å²) in [4.78, 5) is 39.0. The van der Waals surface area contributed by atoms with Gasteiger partial charge in [-0.15, -0.1) is 11.3 Å². The summed E-state index contributed by atoms with van der Waals surface area (Å²) in [6.07, 6.45) is 0.482. The zero-order valence-corrected chi connectivity index (χ0v) is 15.8. The highest BCUT2D eigenvalue weighted by Gasteiger charge is 2.43. The fourth-order valence-corrected chi connectivity index (χ4v) is 4.39. The molecule has 142 valence electrons. The number of amides is 2. The number of nitrogens with one attached hydrogen (secondary N) is 1. The molecule has 0 saturated carbocycles. The van der Waals surface area contributed by atoms with Gasteiger partial charge in [0.1, 0.15) is 0 Å². The van der Waals surface area contributed by atoms with Crippen molar-refractivity contribution in [3.05, 3.63) is 58.3 Å². The van der Waals surface area contributed by atoms with Crippen LogP contribution in [-0.4, -0.2) is 41.4 Å². The van der Waals surface area contributed by atoms with E-state index in [0.717, 1.165) is 10.4 Å². The Hall–Kier alpha value is -2.67. The smallest absolute Gasteiger partial charge is 0.308 e. The van der Waals surface area contributed by atoms with Gasteiger partial charge in [0, 0.05) is 24.9 Å². The molecule has 1 aliphatic heterocycles. The van der Waals surface area contributed by atoms with Crippen molar-refractivity contribution >= 4 is 29.1 Å². The summed E-state index contributed by atoms with van der Waals surface area (Å²) in [5.41, 5.74) is 0.909. The number of likely N-dealkylation sites (tertiary alicyclic amines) is 1. The summed E-state index contributed by atoms with van der Waals surface area (Å²) in [6.45, 7) is 0.0363. The minimum absolute atomic E-state index is 0.0363. The molecule has 0 bridgehead atoms. The lowest BCUT2D eigenvalue weighted by Gasteiger charge is -2.24. The van der Waals surface area contributed by atoms with Gasteiger partial charge in [-0.2, -0.15) is 0 Å². The molecule has 2 amide bonds. The van der Waals surface area contributed by atoms with Crippen LogP contribution in [0.2, 0.25) is 0 Å². The monoisotopic (exact) mass is 386 g/mol. The van der Waals surface area contributed by atoms with Gasteiger partial charge in [-0.05, 0) is 23.4 Å². The number of carboxylic acids is 1. The van der Waals surface area contributed by atoms with E-state index < -0.39 is 17.8 Å². The molecular weight excluding hydrogens is 364 g/mol. The SMILES string of the molecule is CN1C(=O)C[C@H](C(=O)NC[C@H](Cc2ccccc2)C(=O)O)[C@@H]1c1cccs1. The number of rotatable bonds is 7. The van der Waals surface area contributed by atoms with Crippen LogP contribution >= 0.6 is 11.3 Å². The van der Waals surface area contributed by atoms with Gasteiger partial charge in [-0.25, -0.2) is 0 Å². The topological polar surface area (TPSA) is 86.7 Å². The molecule has 2 heterocycles. The Kier molecular flexibility index (Phi) is 5.91. The molecule has 2 aromatic rings. The van der Waals surface area contributed by atoms with Crippen molar-refractivity contribution in [2.75, 3.05) is 13.6 Å². The standard InChI is InChI=1S/C20H22N2O4S/c1-22-17(23)11-15(18(22)16-8-5-9-27-16)19(24)21-12-14(20(25)26)10-13-6-3-2-4-7-13/h2-9,14-15,18H,10-12H2,1H3,(H,21,24)(H,25,26)/t14-,15-,18+/m0/s1. The van der Waals surface area contributed by atoms with Crippen LogP contribution < -0.4 is 5.32 Å². The summed E-state index contributed by atoms with van der Waals surface area (Å²) < 4.78 is 0.